The molecule has 2 aromatic carbocycles. The van der Waals surface area contributed by atoms with E-state index in [1.165, 1.54) is 11.1 Å². The molecule has 0 aliphatic rings. The summed E-state index contributed by atoms with van der Waals surface area (Å²) < 4.78 is 0. The van der Waals surface area contributed by atoms with Gasteiger partial charge in [0.15, 0.2) is 11.6 Å². The molecule has 3 heteroatoms. The molecule has 1 unspecified atom stereocenters. The third kappa shape index (κ3) is 6.49. The summed E-state index contributed by atoms with van der Waals surface area (Å²) in [5.41, 5.74) is 3.95. The molecule has 0 N–H and O–H groups in total. The summed E-state index contributed by atoms with van der Waals surface area (Å²) in [5, 5.41) is 0. The number of alkyl halides is 1. The van der Waals surface area contributed by atoms with Crippen molar-refractivity contribution in [3.8, 4) is 0 Å². The standard InChI is InChI=1S/C10H11BrO.C10H12O/c1-7-3-5-9(6-4-7)10(12)8(2)11;1-3-10(11)9-6-4-8(2)5-7-9/h3-6,8H,1-2H3;4-7H,3H2,1-2H3. The number of rotatable bonds is 4. The van der Waals surface area contributed by atoms with Crippen LogP contribution in [0.4, 0.5) is 0 Å². The van der Waals surface area contributed by atoms with Crippen LogP contribution < -0.4 is 0 Å². The maximum absolute atomic E-state index is 11.4. The average Bonchev–Trinajstić information content (AvgIpc) is 2.55. The van der Waals surface area contributed by atoms with E-state index in [1.807, 2.05) is 76.2 Å². The van der Waals surface area contributed by atoms with E-state index < -0.39 is 0 Å². The third-order valence-corrected chi connectivity index (χ3v) is 3.81. The second-order valence-corrected chi connectivity index (χ2v) is 6.86. The molecule has 0 saturated carbocycles. The van der Waals surface area contributed by atoms with E-state index in [1.54, 1.807) is 0 Å². The summed E-state index contributed by atoms with van der Waals surface area (Å²) in [6.07, 6.45) is 0.586. The molecule has 0 saturated heterocycles. The van der Waals surface area contributed by atoms with E-state index in [0.717, 1.165) is 11.1 Å². The van der Waals surface area contributed by atoms with Gasteiger partial charge in [-0.1, -0.05) is 82.5 Å². The summed E-state index contributed by atoms with van der Waals surface area (Å²) >= 11 is 3.25. The highest BCUT2D eigenvalue weighted by molar-refractivity contribution is 9.10. The average molecular weight is 375 g/mol. The van der Waals surface area contributed by atoms with Gasteiger partial charge in [0.05, 0.1) is 4.83 Å². The predicted molar refractivity (Wildman–Crippen MR) is 99.7 cm³/mol. The minimum Gasteiger partial charge on any atom is -0.294 e. The monoisotopic (exact) mass is 374 g/mol. The molecular formula is C20H23BrO2. The van der Waals surface area contributed by atoms with Crippen molar-refractivity contribution in [2.75, 3.05) is 0 Å². The van der Waals surface area contributed by atoms with Crippen LogP contribution in [0.25, 0.3) is 0 Å². The van der Waals surface area contributed by atoms with Crippen molar-refractivity contribution in [3.05, 3.63) is 70.8 Å². The van der Waals surface area contributed by atoms with Gasteiger partial charge < -0.3 is 0 Å². The number of hydrogen-bond acceptors (Lipinski definition) is 2. The van der Waals surface area contributed by atoms with Crippen LogP contribution in [0, 0.1) is 13.8 Å². The Balaban J connectivity index is 0.000000231. The van der Waals surface area contributed by atoms with Gasteiger partial charge in [-0.2, -0.15) is 0 Å². The van der Waals surface area contributed by atoms with Crippen LogP contribution in [-0.4, -0.2) is 16.4 Å². The molecular weight excluding hydrogens is 352 g/mol. The SMILES string of the molecule is CCC(=O)c1ccc(C)cc1.Cc1ccc(C(=O)C(C)Br)cc1. The predicted octanol–water partition coefficient (Wildman–Crippen LogP) is 5.55. The zero-order valence-corrected chi connectivity index (χ0v) is 15.7. The van der Waals surface area contributed by atoms with Gasteiger partial charge in [-0.3, -0.25) is 9.59 Å². The second kappa shape index (κ2) is 9.41. The third-order valence-electron chi connectivity index (χ3n) is 3.39. The van der Waals surface area contributed by atoms with E-state index in [2.05, 4.69) is 15.9 Å². The van der Waals surface area contributed by atoms with Crippen LogP contribution in [0.2, 0.25) is 0 Å². The molecule has 0 amide bonds. The number of halogens is 1. The topological polar surface area (TPSA) is 34.1 Å². The normalized spacial score (nSPS) is 11.2. The van der Waals surface area contributed by atoms with Crippen LogP contribution in [0.1, 0.15) is 52.1 Å². The Kier molecular flexibility index (Phi) is 7.90. The van der Waals surface area contributed by atoms with Gasteiger partial charge in [-0.05, 0) is 20.8 Å². The lowest BCUT2D eigenvalue weighted by atomic mass is 10.1. The maximum Gasteiger partial charge on any atom is 0.176 e. The molecule has 122 valence electrons. The van der Waals surface area contributed by atoms with Crippen molar-refractivity contribution in [3.63, 3.8) is 0 Å². The van der Waals surface area contributed by atoms with E-state index in [0.29, 0.717) is 6.42 Å². The van der Waals surface area contributed by atoms with Crippen LogP contribution in [-0.2, 0) is 0 Å². The van der Waals surface area contributed by atoms with Crippen molar-refractivity contribution in [1.29, 1.82) is 0 Å². The van der Waals surface area contributed by atoms with Gasteiger partial charge in [0, 0.05) is 17.5 Å². The first-order valence-corrected chi connectivity index (χ1v) is 8.61. The van der Waals surface area contributed by atoms with Gasteiger partial charge in [-0.25, -0.2) is 0 Å². The molecule has 0 spiro atoms. The first kappa shape index (κ1) is 19.3. The Labute approximate surface area is 147 Å². The van der Waals surface area contributed by atoms with E-state index in [4.69, 9.17) is 0 Å². The fourth-order valence-corrected chi connectivity index (χ4v) is 2.16. The highest BCUT2D eigenvalue weighted by Crippen LogP contribution is 2.10. The van der Waals surface area contributed by atoms with Crippen molar-refractivity contribution < 1.29 is 9.59 Å². The van der Waals surface area contributed by atoms with E-state index in [9.17, 15) is 9.59 Å². The second-order valence-electron chi connectivity index (χ2n) is 5.49. The fraction of sp³-hybridized carbons (Fsp3) is 0.300. The molecule has 2 rings (SSSR count). The lowest BCUT2D eigenvalue weighted by Crippen LogP contribution is -2.09. The summed E-state index contributed by atoms with van der Waals surface area (Å²) in [4.78, 5) is 22.4. The number of aryl methyl sites for hydroxylation is 2. The molecule has 2 nitrogen and oxygen atoms in total. The quantitative estimate of drug-likeness (QED) is 0.519. The van der Waals surface area contributed by atoms with Crippen LogP contribution in [0.5, 0.6) is 0 Å². The van der Waals surface area contributed by atoms with Crippen LogP contribution >= 0.6 is 15.9 Å². The van der Waals surface area contributed by atoms with Crippen LogP contribution in [0.15, 0.2) is 48.5 Å². The van der Waals surface area contributed by atoms with Gasteiger partial charge in [0.2, 0.25) is 0 Å². The Bertz CT molecular complexity index is 640. The van der Waals surface area contributed by atoms with Crippen molar-refractivity contribution in [2.45, 2.75) is 38.9 Å². The lowest BCUT2D eigenvalue weighted by molar-refractivity contribution is 0.0983. The summed E-state index contributed by atoms with van der Waals surface area (Å²) in [7, 11) is 0. The van der Waals surface area contributed by atoms with E-state index >= 15 is 0 Å². The molecule has 0 radical (unpaired) electrons. The van der Waals surface area contributed by atoms with Crippen molar-refractivity contribution in [1.82, 2.24) is 0 Å². The zero-order valence-electron chi connectivity index (χ0n) is 14.1. The first-order chi connectivity index (χ1) is 10.8. The molecule has 1 atom stereocenters. The van der Waals surface area contributed by atoms with Crippen molar-refractivity contribution >= 4 is 27.5 Å². The number of hydrogen-bond donors (Lipinski definition) is 0. The number of benzene rings is 2. The van der Waals surface area contributed by atoms with Crippen molar-refractivity contribution in [2.24, 2.45) is 0 Å². The Morgan fingerprint density at radius 2 is 1.26 bits per heavy atom. The molecule has 0 bridgehead atoms. The zero-order chi connectivity index (χ0) is 17.4. The summed E-state index contributed by atoms with van der Waals surface area (Å²) in [6, 6.07) is 15.3. The number of Topliss-reactive ketones (excluding diaryl/α,β-unsaturated/α-hetero) is 2. The summed E-state index contributed by atoms with van der Waals surface area (Å²) in [5.74, 6) is 0.347. The summed E-state index contributed by atoms with van der Waals surface area (Å²) in [6.45, 7) is 7.73. The molecule has 0 aliphatic heterocycles. The van der Waals surface area contributed by atoms with Gasteiger partial charge in [0.1, 0.15) is 0 Å². The molecule has 0 aromatic heterocycles. The lowest BCUT2D eigenvalue weighted by Gasteiger charge is -2.02. The Morgan fingerprint density at radius 1 is 0.870 bits per heavy atom. The number of carbonyl (C=O) groups excluding carboxylic acids is 2. The molecule has 2 aromatic rings. The fourth-order valence-electron chi connectivity index (χ4n) is 1.89. The smallest absolute Gasteiger partial charge is 0.176 e. The highest BCUT2D eigenvalue weighted by Gasteiger charge is 2.10. The number of ketones is 2. The van der Waals surface area contributed by atoms with E-state index in [-0.39, 0.29) is 16.4 Å². The van der Waals surface area contributed by atoms with Gasteiger partial charge >= 0.3 is 0 Å². The van der Waals surface area contributed by atoms with Gasteiger partial charge in [-0.15, -0.1) is 0 Å². The molecule has 0 fully saturated rings. The minimum absolute atomic E-state index is 0.0970. The largest absolute Gasteiger partial charge is 0.294 e. The Morgan fingerprint density at radius 3 is 1.61 bits per heavy atom. The van der Waals surface area contributed by atoms with Gasteiger partial charge in [0.25, 0.3) is 0 Å². The van der Waals surface area contributed by atoms with Crippen LogP contribution in [0.3, 0.4) is 0 Å². The molecule has 0 aliphatic carbocycles. The number of carbonyl (C=O) groups is 2. The molecule has 0 heterocycles. The maximum atomic E-state index is 11.4. The highest BCUT2D eigenvalue weighted by atomic mass is 79.9. The minimum atomic E-state index is -0.0970. The first-order valence-electron chi connectivity index (χ1n) is 7.70. The molecule has 23 heavy (non-hydrogen) atoms. The Hall–Kier alpha value is -1.74.